The molecule has 1 aromatic carbocycles. The van der Waals surface area contributed by atoms with E-state index in [4.69, 9.17) is 14.0 Å². The number of nitrogens with zero attached hydrogens (tertiary/aromatic N) is 3. The minimum atomic E-state index is -0.461. The first-order valence-electron chi connectivity index (χ1n) is 13.3. The summed E-state index contributed by atoms with van der Waals surface area (Å²) in [4.78, 5) is 30.9. The number of rotatable bonds is 7. The SMILES string of the molecule is COC(=O)c1ccc(NC(=O)N2C3CCC2CC(OCc2c(-c4ccccc4C)noc2C2CC2)C3)nc1. The Hall–Kier alpha value is -3.72. The predicted molar refractivity (Wildman–Crippen MR) is 140 cm³/mol. The Labute approximate surface area is 221 Å². The van der Waals surface area contributed by atoms with Crippen LogP contribution in [0.3, 0.4) is 0 Å². The molecule has 1 aliphatic carbocycles. The van der Waals surface area contributed by atoms with Gasteiger partial charge in [-0.1, -0.05) is 29.4 Å². The van der Waals surface area contributed by atoms with Gasteiger partial charge in [0.1, 0.15) is 17.3 Å². The molecule has 2 amide bonds. The first-order valence-corrected chi connectivity index (χ1v) is 13.3. The molecule has 6 rings (SSSR count). The molecule has 3 aliphatic rings. The van der Waals surface area contributed by atoms with Gasteiger partial charge in [-0.3, -0.25) is 5.32 Å². The molecule has 9 heteroatoms. The minimum Gasteiger partial charge on any atom is -0.465 e. The number of esters is 1. The molecule has 2 unspecified atom stereocenters. The average molecular weight is 517 g/mol. The molecule has 3 fully saturated rings. The maximum Gasteiger partial charge on any atom is 0.339 e. The van der Waals surface area contributed by atoms with Crippen molar-refractivity contribution in [3.63, 3.8) is 0 Å². The lowest BCUT2D eigenvalue weighted by Gasteiger charge is -2.38. The van der Waals surface area contributed by atoms with Gasteiger partial charge in [-0.25, -0.2) is 14.6 Å². The van der Waals surface area contributed by atoms with Gasteiger partial charge in [-0.2, -0.15) is 0 Å². The lowest BCUT2D eigenvalue weighted by molar-refractivity contribution is -0.0158. The number of nitrogens with one attached hydrogen (secondary N) is 1. The number of fused-ring (bicyclic) bond motifs is 2. The minimum absolute atomic E-state index is 0.0701. The van der Waals surface area contributed by atoms with Gasteiger partial charge in [-0.15, -0.1) is 0 Å². The largest absolute Gasteiger partial charge is 0.465 e. The number of piperidine rings is 1. The third kappa shape index (κ3) is 4.78. The van der Waals surface area contributed by atoms with Crippen LogP contribution in [0.25, 0.3) is 11.3 Å². The molecule has 0 radical (unpaired) electrons. The molecule has 0 spiro atoms. The zero-order chi connectivity index (χ0) is 26.2. The monoisotopic (exact) mass is 516 g/mol. The summed E-state index contributed by atoms with van der Waals surface area (Å²) in [6.07, 6.45) is 7.25. The van der Waals surface area contributed by atoms with Gasteiger partial charge < -0.3 is 18.9 Å². The van der Waals surface area contributed by atoms with Crippen LogP contribution in [0.1, 0.15) is 71.7 Å². The summed E-state index contributed by atoms with van der Waals surface area (Å²) in [5.74, 6) is 1.35. The fraction of sp³-hybridized carbons (Fsp3) is 0.448. The second-order valence-electron chi connectivity index (χ2n) is 10.5. The number of amides is 2. The highest BCUT2D eigenvalue weighted by Crippen LogP contribution is 2.45. The van der Waals surface area contributed by atoms with Gasteiger partial charge in [0.05, 0.1) is 25.4 Å². The zero-order valence-electron chi connectivity index (χ0n) is 21.7. The lowest BCUT2D eigenvalue weighted by Crippen LogP contribution is -2.50. The molecule has 2 atom stereocenters. The number of anilines is 1. The molecular formula is C29H32N4O5. The second kappa shape index (κ2) is 10.2. The van der Waals surface area contributed by atoms with Crippen LogP contribution in [-0.2, 0) is 16.1 Å². The Bertz CT molecular complexity index is 1320. The van der Waals surface area contributed by atoms with Gasteiger partial charge in [0.25, 0.3) is 0 Å². The van der Waals surface area contributed by atoms with Crippen LogP contribution in [0.15, 0.2) is 47.1 Å². The van der Waals surface area contributed by atoms with Gasteiger partial charge in [0.2, 0.25) is 0 Å². The number of benzene rings is 1. The number of aromatic nitrogens is 2. The number of hydrogen-bond donors (Lipinski definition) is 1. The molecule has 4 heterocycles. The number of aryl methyl sites for hydroxylation is 1. The van der Waals surface area contributed by atoms with Crippen LogP contribution in [-0.4, -0.2) is 52.3 Å². The Kier molecular flexibility index (Phi) is 6.61. The Balaban J connectivity index is 1.11. The molecule has 1 saturated carbocycles. The molecule has 2 bridgehead atoms. The van der Waals surface area contributed by atoms with Gasteiger partial charge >= 0.3 is 12.0 Å². The van der Waals surface area contributed by atoms with Crippen LogP contribution >= 0.6 is 0 Å². The zero-order valence-corrected chi connectivity index (χ0v) is 21.7. The summed E-state index contributed by atoms with van der Waals surface area (Å²) >= 11 is 0. The van der Waals surface area contributed by atoms with Crippen molar-refractivity contribution < 1.29 is 23.6 Å². The van der Waals surface area contributed by atoms with E-state index in [1.54, 1.807) is 12.1 Å². The number of hydrogen-bond acceptors (Lipinski definition) is 7. The third-order valence-corrected chi connectivity index (χ3v) is 7.97. The molecule has 2 aromatic heterocycles. The first kappa shape index (κ1) is 24.6. The predicted octanol–water partition coefficient (Wildman–Crippen LogP) is 5.45. The first-order chi connectivity index (χ1) is 18.5. The van der Waals surface area contributed by atoms with E-state index in [1.165, 1.54) is 13.3 Å². The van der Waals surface area contributed by atoms with Crippen LogP contribution in [0.5, 0.6) is 0 Å². The average Bonchev–Trinajstić information content (AvgIpc) is 3.63. The molecule has 2 aliphatic heterocycles. The van der Waals surface area contributed by atoms with Crippen molar-refractivity contribution in [1.29, 1.82) is 0 Å². The van der Waals surface area contributed by atoms with Crippen molar-refractivity contribution in [2.75, 3.05) is 12.4 Å². The van der Waals surface area contributed by atoms with E-state index >= 15 is 0 Å². The molecule has 9 nitrogen and oxygen atoms in total. The van der Waals surface area contributed by atoms with Crippen molar-refractivity contribution in [2.24, 2.45) is 0 Å². The quantitative estimate of drug-likeness (QED) is 0.416. The van der Waals surface area contributed by atoms with Crippen LogP contribution < -0.4 is 5.32 Å². The number of urea groups is 1. The standard InChI is InChI=1S/C29H32N4O5/c1-17-5-3-4-6-23(17)26-24(27(38-32-26)18-7-8-18)16-37-22-13-20-10-11-21(14-22)33(20)29(35)31-25-12-9-19(15-30-25)28(34)36-2/h3-6,9,12,15,18,20-22H,7-8,10-11,13-14,16H2,1-2H3,(H,30,31,35). The number of pyridine rings is 1. The van der Waals surface area contributed by atoms with Crippen molar-refractivity contribution in [3.8, 4) is 11.3 Å². The van der Waals surface area contributed by atoms with Crippen LogP contribution in [0, 0.1) is 6.92 Å². The molecule has 38 heavy (non-hydrogen) atoms. The smallest absolute Gasteiger partial charge is 0.339 e. The van der Waals surface area contributed by atoms with E-state index in [1.807, 2.05) is 17.0 Å². The van der Waals surface area contributed by atoms with Crippen molar-refractivity contribution in [1.82, 2.24) is 15.0 Å². The lowest BCUT2D eigenvalue weighted by atomic mass is 9.99. The molecule has 198 valence electrons. The summed E-state index contributed by atoms with van der Waals surface area (Å²) in [6.45, 7) is 2.55. The van der Waals surface area contributed by atoms with Crippen molar-refractivity contribution in [3.05, 3.63) is 65.0 Å². The van der Waals surface area contributed by atoms with E-state index in [0.717, 1.165) is 66.7 Å². The third-order valence-electron chi connectivity index (χ3n) is 7.97. The summed E-state index contributed by atoms with van der Waals surface area (Å²) in [6, 6.07) is 11.5. The van der Waals surface area contributed by atoms with Crippen molar-refractivity contribution in [2.45, 2.75) is 76.2 Å². The van der Waals surface area contributed by atoms with Gasteiger partial charge in [0, 0.05) is 35.3 Å². The van der Waals surface area contributed by atoms with E-state index in [0.29, 0.717) is 23.9 Å². The van der Waals surface area contributed by atoms with Crippen molar-refractivity contribution >= 4 is 17.8 Å². The fourth-order valence-corrected chi connectivity index (χ4v) is 5.85. The van der Waals surface area contributed by atoms with Gasteiger partial charge in [0.15, 0.2) is 0 Å². The van der Waals surface area contributed by atoms with Crippen LogP contribution in [0.2, 0.25) is 0 Å². The number of carbonyl (C=O) groups excluding carboxylic acids is 2. The van der Waals surface area contributed by atoms with Crippen LogP contribution in [0.4, 0.5) is 10.6 Å². The maximum absolute atomic E-state index is 13.1. The topological polar surface area (TPSA) is 107 Å². The number of carbonyl (C=O) groups is 2. The second-order valence-corrected chi connectivity index (χ2v) is 10.5. The highest BCUT2D eigenvalue weighted by Gasteiger charge is 2.44. The maximum atomic E-state index is 13.1. The Morgan fingerprint density at radius 2 is 1.84 bits per heavy atom. The summed E-state index contributed by atoms with van der Waals surface area (Å²) in [5, 5.41) is 7.35. The summed E-state index contributed by atoms with van der Waals surface area (Å²) in [7, 11) is 1.32. The van der Waals surface area contributed by atoms with Gasteiger partial charge in [-0.05, 0) is 63.1 Å². The van der Waals surface area contributed by atoms with E-state index in [-0.39, 0.29) is 24.2 Å². The molecule has 2 saturated heterocycles. The highest BCUT2D eigenvalue weighted by molar-refractivity contribution is 5.91. The molecular weight excluding hydrogens is 484 g/mol. The number of methoxy groups -OCH3 is 1. The molecule has 1 N–H and O–H groups in total. The fourth-order valence-electron chi connectivity index (χ4n) is 5.85. The Morgan fingerprint density at radius 3 is 2.50 bits per heavy atom. The number of ether oxygens (including phenoxy) is 2. The van der Waals surface area contributed by atoms with E-state index in [2.05, 4.69) is 34.5 Å². The van der Waals surface area contributed by atoms with E-state index in [9.17, 15) is 9.59 Å². The highest BCUT2D eigenvalue weighted by atomic mass is 16.5. The molecule has 3 aromatic rings. The normalized spacial score (nSPS) is 22.4. The van der Waals surface area contributed by atoms with E-state index < -0.39 is 5.97 Å². The summed E-state index contributed by atoms with van der Waals surface area (Å²) < 4.78 is 17.0. The Morgan fingerprint density at radius 1 is 1.08 bits per heavy atom. The summed E-state index contributed by atoms with van der Waals surface area (Å²) in [5.41, 5.74) is 4.54.